The minimum Gasteiger partial charge on any atom is -0.465 e. The number of carboxylic acid groups (broad SMARTS) is 1. The van der Waals surface area contributed by atoms with Crippen molar-refractivity contribution in [2.75, 3.05) is 6.54 Å². The lowest BCUT2D eigenvalue weighted by atomic mass is 9.93. The molecule has 0 spiro atoms. The summed E-state index contributed by atoms with van der Waals surface area (Å²) in [6.45, 7) is 3.16. The van der Waals surface area contributed by atoms with Gasteiger partial charge in [-0.3, -0.25) is 0 Å². The molecule has 0 aromatic heterocycles. The molecule has 0 saturated carbocycles. The average Bonchev–Trinajstić information content (AvgIpc) is 2.49. The van der Waals surface area contributed by atoms with Gasteiger partial charge < -0.3 is 10.0 Å². The third-order valence-corrected chi connectivity index (χ3v) is 4.93. The van der Waals surface area contributed by atoms with E-state index >= 15 is 0 Å². The minimum atomic E-state index is -0.840. The molecular formula is C17H16BrNO2. The van der Waals surface area contributed by atoms with Gasteiger partial charge in [-0.2, -0.15) is 0 Å². The van der Waals surface area contributed by atoms with Gasteiger partial charge in [-0.15, -0.1) is 0 Å². The first-order valence-corrected chi connectivity index (χ1v) is 7.70. The van der Waals surface area contributed by atoms with E-state index in [-0.39, 0.29) is 0 Å². The van der Waals surface area contributed by atoms with E-state index in [2.05, 4.69) is 47.1 Å². The molecule has 1 amide bonds. The summed E-state index contributed by atoms with van der Waals surface area (Å²) >= 11 is 3.57. The monoisotopic (exact) mass is 345 g/mol. The molecule has 0 radical (unpaired) electrons. The highest BCUT2D eigenvalue weighted by Crippen LogP contribution is 2.31. The molecular weight excluding hydrogens is 330 g/mol. The van der Waals surface area contributed by atoms with Gasteiger partial charge in [-0.05, 0) is 47.2 Å². The van der Waals surface area contributed by atoms with Gasteiger partial charge in [0.2, 0.25) is 0 Å². The molecule has 0 saturated heterocycles. The van der Waals surface area contributed by atoms with Crippen LogP contribution in [0.15, 0.2) is 40.9 Å². The maximum Gasteiger partial charge on any atom is 0.407 e. The van der Waals surface area contributed by atoms with Crippen molar-refractivity contribution in [3.05, 3.63) is 57.6 Å². The van der Waals surface area contributed by atoms with E-state index in [1.807, 2.05) is 12.1 Å². The fourth-order valence-electron chi connectivity index (χ4n) is 2.80. The van der Waals surface area contributed by atoms with Crippen molar-refractivity contribution in [2.24, 2.45) is 0 Å². The Morgan fingerprint density at radius 2 is 2.05 bits per heavy atom. The zero-order valence-corrected chi connectivity index (χ0v) is 13.4. The van der Waals surface area contributed by atoms with Gasteiger partial charge in [-0.1, -0.05) is 46.3 Å². The molecule has 3 rings (SSSR count). The Balaban J connectivity index is 1.98. The quantitative estimate of drug-likeness (QED) is 0.828. The number of fused-ring (bicyclic) bond motifs is 1. The first kappa shape index (κ1) is 14.1. The van der Waals surface area contributed by atoms with Gasteiger partial charge in [0.25, 0.3) is 0 Å². The van der Waals surface area contributed by atoms with E-state index in [4.69, 9.17) is 5.11 Å². The highest BCUT2D eigenvalue weighted by Gasteiger charge is 2.20. The Morgan fingerprint density at radius 3 is 2.81 bits per heavy atom. The third-order valence-electron chi connectivity index (χ3n) is 4.07. The summed E-state index contributed by atoms with van der Waals surface area (Å²) in [4.78, 5) is 12.5. The zero-order valence-electron chi connectivity index (χ0n) is 11.8. The number of nitrogens with zero attached hydrogens (tertiary/aromatic N) is 1. The minimum absolute atomic E-state index is 0.489. The van der Waals surface area contributed by atoms with Gasteiger partial charge in [0.05, 0.1) is 0 Å². The first-order valence-electron chi connectivity index (χ1n) is 6.91. The molecule has 0 unspecified atom stereocenters. The number of benzene rings is 2. The van der Waals surface area contributed by atoms with Gasteiger partial charge in [0, 0.05) is 17.6 Å². The number of hydrogen-bond acceptors (Lipinski definition) is 1. The fraction of sp³-hybridized carbons (Fsp3) is 0.235. The molecule has 0 atom stereocenters. The maximum absolute atomic E-state index is 11.1. The smallest absolute Gasteiger partial charge is 0.407 e. The number of hydrogen-bond donors (Lipinski definition) is 1. The predicted octanol–water partition coefficient (Wildman–Crippen LogP) is 4.46. The predicted molar refractivity (Wildman–Crippen MR) is 86.5 cm³/mol. The second-order valence-corrected chi connectivity index (χ2v) is 6.20. The summed E-state index contributed by atoms with van der Waals surface area (Å²) in [7, 11) is 0. The normalized spacial score (nSPS) is 13.9. The van der Waals surface area contributed by atoms with Crippen LogP contribution in [0.25, 0.3) is 11.1 Å². The summed E-state index contributed by atoms with van der Waals surface area (Å²) in [5.41, 5.74) is 5.99. The molecule has 0 aliphatic carbocycles. The van der Waals surface area contributed by atoms with E-state index in [1.165, 1.54) is 27.2 Å². The first-order chi connectivity index (χ1) is 10.1. The number of amides is 1. The van der Waals surface area contributed by atoms with Crippen LogP contribution in [0.4, 0.5) is 4.79 Å². The number of halogens is 1. The van der Waals surface area contributed by atoms with E-state index in [0.29, 0.717) is 13.1 Å². The van der Waals surface area contributed by atoms with Gasteiger partial charge in [-0.25, -0.2) is 4.79 Å². The zero-order chi connectivity index (χ0) is 15.0. The number of carbonyl (C=O) groups is 1. The van der Waals surface area contributed by atoms with Crippen LogP contribution >= 0.6 is 15.9 Å². The van der Waals surface area contributed by atoms with Crippen LogP contribution in [0.1, 0.15) is 16.7 Å². The third kappa shape index (κ3) is 2.68. The molecule has 0 bridgehead atoms. The molecule has 1 N–H and O–H groups in total. The van der Waals surface area contributed by atoms with Crippen molar-refractivity contribution < 1.29 is 9.90 Å². The van der Waals surface area contributed by atoms with E-state index in [9.17, 15) is 4.79 Å². The van der Waals surface area contributed by atoms with E-state index < -0.39 is 6.09 Å². The van der Waals surface area contributed by atoms with Gasteiger partial charge in [0.15, 0.2) is 0 Å². The van der Waals surface area contributed by atoms with Crippen LogP contribution in [0.5, 0.6) is 0 Å². The van der Waals surface area contributed by atoms with E-state index in [0.717, 1.165) is 16.5 Å². The lowest BCUT2D eigenvalue weighted by molar-refractivity contribution is 0.140. The van der Waals surface area contributed by atoms with Crippen LogP contribution in [0.2, 0.25) is 0 Å². The highest BCUT2D eigenvalue weighted by atomic mass is 79.9. The SMILES string of the molecule is Cc1c(Br)cccc1-c1ccc2c(c1)CCN(C(=O)O)C2. The topological polar surface area (TPSA) is 40.5 Å². The van der Waals surface area contributed by atoms with E-state index in [1.54, 1.807) is 0 Å². The molecule has 1 aliphatic rings. The van der Waals surface area contributed by atoms with Crippen LogP contribution in [0, 0.1) is 6.92 Å². The van der Waals surface area contributed by atoms with Crippen molar-refractivity contribution in [1.82, 2.24) is 4.90 Å². The lowest BCUT2D eigenvalue weighted by Crippen LogP contribution is -2.34. The second-order valence-electron chi connectivity index (χ2n) is 5.35. The molecule has 4 heteroatoms. The second kappa shape index (κ2) is 5.53. The van der Waals surface area contributed by atoms with Gasteiger partial charge in [0.1, 0.15) is 0 Å². The summed E-state index contributed by atoms with van der Waals surface area (Å²) in [5, 5.41) is 9.08. The molecule has 3 nitrogen and oxygen atoms in total. The van der Waals surface area contributed by atoms with Crippen molar-refractivity contribution in [1.29, 1.82) is 0 Å². The summed E-state index contributed by atoms with van der Waals surface area (Å²) < 4.78 is 1.11. The Kier molecular flexibility index (Phi) is 3.72. The summed E-state index contributed by atoms with van der Waals surface area (Å²) in [6.07, 6.45) is -0.0599. The molecule has 21 heavy (non-hydrogen) atoms. The largest absolute Gasteiger partial charge is 0.465 e. The molecule has 2 aromatic rings. The van der Waals surface area contributed by atoms with Crippen molar-refractivity contribution >= 4 is 22.0 Å². The van der Waals surface area contributed by atoms with Crippen LogP contribution in [-0.2, 0) is 13.0 Å². The van der Waals surface area contributed by atoms with Crippen molar-refractivity contribution in [3.8, 4) is 11.1 Å². The molecule has 0 fully saturated rings. The Labute approximate surface area is 132 Å². The van der Waals surface area contributed by atoms with Crippen LogP contribution in [0.3, 0.4) is 0 Å². The van der Waals surface area contributed by atoms with Crippen molar-refractivity contribution in [2.45, 2.75) is 19.9 Å². The van der Waals surface area contributed by atoms with Crippen molar-refractivity contribution in [3.63, 3.8) is 0 Å². The van der Waals surface area contributed by atoms with Crippen LogP contribution < -0.4 is 0 Å². The summed E-state index contributed by atoms with van der Waals surface area (Å²) in [6, 6.07) is 12.5. The highest BCUT2D eigenvalue weighted by molar-refractivity contribution is 9.10. The van der Waals surface area contributed by atoms with Gasteiger partial charge >= 0.3 is 6.09 Å². The fourth-order valence-corrected chi connectivity index (χ4v) is 3.17. The summed E-state index contributed by atoms with van der Waals surface area (Å²) in [5.74, 6) is 0. The number of rotatable bonds is 1. The Bertz CT molecular complexity index is 712. The lowest BCUT2D eigenvalue weighted by Gasteiger charge is -2.27. The standard InChI is InChI=1S/C17H16BrNO2/c1-11-15(3-2-4-16(11)18)13-5-6-14-10-19(17(20)21)8-7-12(14)9-13/h2-6,9H,7-8,10H2,1H3,(H,20,21). The molecule has 1 heterocycles. The Morgan fingerprint density at radius 1 is 1.24 bits per heavy atom. The average molecular weight is 346 g/mol. The molecule has 2 aromatic carbocycles. The molecule has 108 valence electrons. The van der Waals surface area contributed by atoms with Crippen LogP contribution in [-0.4, -0.2) is 22.6 Å². The maximum atomic E-state index is 11.1. The molecule has 1 aliphatic heterocycles. The Hall–Kier alpha value is -1.81.